The van der Waals surface area contributed by atoms with Gasteiger partial charge in [-0.25, -0.2) is 0 Å². The maximum absolute atomic E-state index is 10.8. The van der Waals surface area contributed by atoms with Crippen molar-refractivity contribution in [1.29, 1.82) is 0 Å². The van der Waals surface area contributed by atoms with Crippen LogP contribution in [0, 0.1) is 17.3 Å². The van der Waals surface area contributed by atoms with Crippen molar-refractivity contribution in [2.24, 2.45) is 17.3 Å². The van der Waals surface area contributed by atoms with E-state index in [4.69, 9.17) is 9.47 Å². The van der Waals surface area contributed by atoms with Crippen LogP contribution in [0.5, 0.6) is 5.75 Å². The molecule has 0 bridgehead atoms. The fourth-order valence-corrected chi connectivity index (χ4v) is 6.13. The first-order valence-electron chi connectivity index (χ1n) is 9.07. The molecule has 4 heteroatoms. The van der Waals surface area contributed by atoms with Gasteiger partial charge in [0, 0.05) is 12.5 Å². The standard InChI is InChI=1S/C20H28O4/c1-20-9-8-14-13-7-5-12(23-2)10-11(13)4-6-15(14)16(20)17(21)18(22)19(20)24-3/h5,7,10,14-19,21-22H,4,6,8-9H2,1-3H3/t14?,15?,16?,17?,18?,19-,20-/m0/s1. The fraction of sp³-hybridized carbons (Fsp3) is 0.700. The molecule has 1 aromatic carbocycles. The van der Waals surface area contributed by atoms with Crippen LogP contribution in [0.1, 0.15) is 43.2 Å². The molecule has 3 aliphatic rings. The molecule has 2 saturated carbocycles. The average Bonchev–Trinajstić information content (AvgIpc) is 2.79. The third-order valence-electron chi connectivity index (χ3n) is 7.16. The molecule has 0 radical (unpaired) electrons. The van der Waals surface area contributed by atoms with E-state index in [9.17, 15) is 10.2 Å². The summed E-state index contributed by atoms with van der Waals surface area (Å²) >= 11 is 0. The highest BCUT2D eigenvalue weighted by atomic mass is 16.5. The van der Waals surface area contributed by atoms with Crippen LogP contribution in [0.25, 0.3) is 0 Å². The van der Waals surface area contributed by atoms with Crippen molar-refractivity contribution >= 4 is 0 Å². The first kappa shape index (κ1) is 16.4. The zero-order chi connectivity index (χ0) is 17.1. The van der Waals surface area contributed by atoms with Crippen molar-refractivity contribution in [3.05, 3.63) is 29.3 Å². The lowest BCUT2D eigenvalue weighted by Crippen LogP contribution is -2.46. The van der Waals surface area contributed by atoms with Crippen molar-refractivity contribution in [2.45, 2.75) is 56.8 Å². The van der Waals surface area contributed by atoms with E-state index in [0.29, 0.717) is 11.8 Å². The molecular weight excluding hydrogens is 304 g/mol. The van der Waals surface area contributed by atoms with Crippen molar-refractivity contribution in [1.82, 2.24) is 0 Å². The fourth-order valence-electron chi connectivity index (χ4n) is 6.13. The highest BCUT2D eigenvalue weighted by Gasteiger charge is 2.62. The van der Waals surface area contributed by atoms with Crippen LogP contribution in [0.15, 0.2) is 18.2 Å². The Bertz CT molecular complexity index is 630. The van der Waals surface area contributed by atoms with Crippen LogP contribution in [0.3, 0.4) is 0 Å². The van der Waals surface area contributed by atoms with Crippen LogP contribution in [0.4, 0.5) is 0 Å². The summed E-state index contributed by atoms with van der Waals surface area (Å²) < 4.78 is 11.0. The Labute approximate surface area is 143 Å². The average molecular weight is 332 g/mol. The maximum Gasteiger partial charge on any atom is 0.119 e. The van der Waals surface area contributed by atoms with Gasteiger partial charge in [0.1, 0.15) is 11.9 Å². The monoisotopic (exact) mass is 332 g/mol. The topological polar surface area (TPSA) is 58.9 Å². The molecule has 0 amide bonds. The summed E-state index contributed by atoms with van der Waals surface area (Å²) in [6.07, 6.45) is 2.42. The van der Waals surface area contributed by atoms with Crippen molar-refractivity contribution in [3.63, 3.8) is 0 Å². The van der Waals surface area contributed by atoms with E-state index in [2.05, 4.69) is 19.1 Å². The van der Waals surface area contributed by atoms with Crippen molar-refractivity contribution in [3.8, 4) is 5.75 Å². The molecule has 0 aliphatic heterocycles. The predicted octanol–water partition coefficient (Wildman–Crippen LogP) is 2.51. The van der Waals surface area contributed by atoms with E-state index in [1.165, 1.54) is 11.1 Å². The molecule has 1 aromatic rings. The summed E-state index contributed by atoms with van der Waals surface area (Å²) in [6, 6.07) is 6.42. The molecule has 3 aliphatic carbocycles. The minimum absolute atomic E-state index is 0.103. The summed E-state index contributed by atoms with van der Waals surface area (Å²) in [6.45, 7) is 2.20. The summed E-state index contributed by atoms with van der Waals surface area (Å²) in [4.78, 5) is 0. The number of rotatable bonds is 2. The highest BCUT2D eigenvalue weighted by Crippen LogP contribution is 2.61. The molecule has 24 heavy (non-hydrogen) atoms. The van der Waals surface area contributed by atoms with Gasteiger partial charge in [-0.2, -0.15) is 0 Å². The Hall–Kier alpha value is -1.10. The van der Waals surface area contributed by atoms with E-state index < -0.39 is 12.2 Å². The van der Waals surface area contributed by atoms with Crippen LogP contribution < -0.4 is 4.74 Å². The lowest BCUT2D eigenvalue weighted by atomic mass is 9.55. The Morgan fingerprint density at radius 1 is 1.12 bits per heavy atom. The van der Waals surface area contributed by atoms with Gasteiger partial charge >= 0.3 is 0 Å². The van der Waals surface area contributed by atoms with Gasteiger partial charge in [0.25, 0.3) is 0 Å². The van der Waals surface area contributed by atoms with Crippen LogP contribution in [0.2, 0.25) is 0 Å². The number of hydrogen-bond acceptors (Lipinski definition) is 4. The van der Waals surface area contributed by atoms with E-state index in [-0.39, 0.29) is 17.4 Å². The lowest BCUT2D eigenvalue weighted by Gasteiger charge is -2.50. The third-order valence-corrected chi connectivity index (χ3v) is 7.16. The molecule has 0 saturated heterocycles. The zero-order valence-corrected chi connectivity index (χ0v) is 14.7. The second-order valence-electron chi connectivity index (χ2n) is 8.08. The van der Waals surface area contributed by atoms with Crippen molar-refractivity contribution < 1.29 is 19.7 Å². The molecule has 0 spiro atoms. The van der Waals surface area contributed by atoms with E-state index in [0.717, 1.165) is 31.4 Å². The smallest absolute Gasteiger partial charge is 0.119 e. The molecule has 0 aromatic heterocycles. The molecule has 2 N–H and O–H groups in total. The number of benzene rings is 1. The Morgan fingerprint density at radius 3 is 2.62 bits per heavy atom. The first-order chi connectivity index (χ1) is 11.5. The number of ether oxygens (including phenoxy) is 2. The summed E-state index contributed by atoms with van der Waals surface area (Å²) in [7, 11) is 3.36. The molecule has 0 heterocycles. The number of hydrogen-bond donors (Lipinski definition) is 2. The first-order valence-corrected chi connectivity index (χ1v) is 9.07. The summed E-state index contributed by atoms with van der Waals surface area (Å²) in [5.74, 6) is 1.90. The number of methoxy groups -OCH3 is 2. The lowest BCUT2D eigenvalue weighted by molar-refractivity contribution is -0.0746. The summed E-state index contributed by atoms with van der Waals surface area (Å²) in [5, 5.41) is 21.3. The normalized spacial score (nSPS) is 43.7. The quantitative estimate of drug-likeness (QED) is 0.874. The van der Waals surface area contributed by atoms with Gasteiger partial charge in [0.15, 0.2) is 0 Å². The number of aliphatic hydroxyl groups excluding tert-OH is 2. The maximum atomic E-state index is 10.8. The Morgan fingerprint density at radius 2 is 1.92 bits per heavy atom. The van der Waals surface area contributed by atoms with Gasteiger partial charge < -0.3 is 19.7 Å². The third kappa shape index (κ3) is 2.09. The predicted molar refractivity (Wildman–Crippen MR) is 91.2 cm³/mol. The minimum atomic E-state index is -0.777. The molecule has 7 atom stereocenters. The van der Waals surface area contributed by atoms with Gasteiger partial charge in [0.05, 0.1) is 19.3 Å². The minimum Gasteiger partial charge on any atom is -0.497 e. The molecule has 2 fully saturated rings. The summed E-state index contributed by atoms with van der Waals surface area (Å²) in [5.41, 5.74) is 2.66. The number of fused-ring (bicyclic) bond motifs is 5. The van der Waals surface area contributed by atoms with Gasteiger partial charge in [-0.3, -0.25) is 0 Å². The van der Waals surface area contributed by atoms with Crippen LogP contribution >= 0.6 is 0 Å². The molecule has 5 unspecified atom stereocenters. The Kier molecular flexibility index (Phi) is 3.90. The second kappa shape index (κ2) is 5.72. The Balaban J connectivity index is 1.71. The van der Waals surface area contributed by atoms with E-state index >= 15 is 0 Å². The van der Waals surface area contributed by atoms with Gasteiger partial charge in [-0.15, -0.1) is 0 Å². The molecule has 4 rings (SSSR count). The van der Waals surface area contributed by atoms with Gasteiger partial charge in [-0.1, -0.05) is 13.0 Å². The van der Waals surface area contributed by atoms with Crippen LogP contribution in [-0.2, 0) is 11.2 Å². The van der Waals surface area contributed by atoms with E-state index in [1.54, 1.807) is 14.2 Å². The largest absolute Gasteiger partial charge is 0.497 e. The highest BCUT2D eigenvalue weighted by molar-refractivity contribution is 5.41. The number of aryl methyl sites for hydroxylation is 1. The SMILES string of the molecule is COc1ccc2c(c1)CCC1C2CC[C@@]2(C)C1C(O)C(O)[C@@H]2OC. The van der Waals surface area contributed by atoms with Crippen LogP contribution in [-0.4, -0.2) is 42.7 Å². The van der Waals surface area contributed by atoms with Gasteiger partial charge in [0.2, 0.25) is 0 Å². The molecule has 132 valence electrons. The van der Waals surface area contributed by atoms with Gasteiger partial charge in [-0.05, 0) is 66.7 Å². The van der Waals surface area contributed by atoms with E-state index in [1.807, 2.05) is 6.07 Å². The second-order valence-corrected chi connectivity index (χ2v) is 8.08. The number of aliphatic hydroxyl groups is 2. The van der Waals surface area contributed by atoms with Crippen molar-refractivity contribution in [2.75, 3.05) is 14.2 Å². The zero-order valence-electron chi connectivity index (χ0n) is 14.7. The molecular formula is C20H28O4. The molecule has 4 nitrogen and oxygen atoms in total.